The zero-order valence-electron chi connectivity index (χ0n) is 14.3. The first-order valence-electron chi connectivity index (χ1n) is 7.71. The fraction of sp³-hybridized carbons (Fsp3) is 0.167. The number of rotatable bonds is 2. The van der Waals surface area contributed by atoms with E-state index in [1.807, 2.05) is 13.8 Å². The Morgan fingerprint density at radius 3 is 2.50 bits per heavy atom. The minimum atomic E-state index is -0.689. The maximum Gasteiger partial charge on any atom is 0.338 e. The van der Waals surface area contributed by atoms with Gasteiger partial charge in [-0.3, -0.25) is 14.9 Å². The van der Waals surface area contributed by atoms with Crippen LogP contribution in [-0.2, 0) is 4.74 Å². The molecule has 0 N–H and O–H groups in total. The molecule has 0 unspecified atom stereocenters. The third-order valence-electron chi connectivity index (χ3n) is 3.55. The topological polar surface area (TPSA) is 99.4 Å². The molecule has 0 atom stereocenters. The summed E-state index contributed by atoms with van der Waals surface area (Å²) in [6, 6.07) is 7.01. The first kappa shape index (κ1) is 19.3. The van der Waals surface area contributed by atoms with Crippen LogP contribution in [0, 0.1) is 10.1 Å². The number of pyridine rings is 1. The average molecular weight is 375 g/mol. The molecular formula is C18H15ClN2O5. The van der Waals surface area contributed by atoms with E-state index in [4.69, 9.17) is 16.3 Å². The van der Waals surface area contributed by atoms with E-state index in [1.165, 1.54) is 37.4 Å². The average Bonchev–Trinajstić information content (AvgIpc) is 2.77. The molecule has 134 valence electrons. The van der Waals surface area contributed by atoms with Crippen molar-refractivity contribution in [2.45, 2.75) is 13.8 Å². The minimum absolute atomic E-state index is 0.0167. The first-order chi connectivity index (χ1) is 12.4. The van der Waals surface area contributed by atoms with Gasteiger partial charge in [0.15, 0.2) is 0 Å². The molecule has 1 aromatic heterocycles. The molecule has 0 aliphatic rings. The van der Waals surface area contributed by atoms with Gasteiger partial charge in [0, 0.05) is 27.2 Å². The Labute approximate surface area is 153 Å². The number of esters is 1. The molecule has 7 nitrogen and oxygen atoms in total. The van der Waals surface area contributed by atoms with E-state index in [2.05, 4.69) is 4.98 Å². The Morgan fingerprint density at radius 1 is 1.19 bits per heavy atom. The lowest BCUT2D eigenvalue weighted by atomic mass is 10.1. The second-order valence-electron chi connectivity index (χ2n) is 4.96. The lowest BCUT2D eigenvalue weighted by Crippen LogP contribution is -2.03. The molecule has 0 aliphatic heterocycles. The maximum atomic E-state index is 12.7. The quantitative estimate of drug-likeness (QED) is 0.380. The highest BCUT2D eigenvalue weighted by Crippen LogP contribution is 2.25. The molecule has 1 heterocycles. The van der Waals surface area contributed by atoms with Crippen LogP contribution in [0.4, 0.5) is 5.69 Å². The monoisotopic (exact) mass is 374 g/mol. The molecule has 0 aliphatic carbocycles. The molecule has 2 aromatic carbocycles. The highest BCUT2D eigenvalue weighted by atomic mass is 35.5. The number of benzene rings is 1. The molecule has 26 heavy (non-hydrogen) atoms. The lowest BCUT2D eigenvalue weighted by Gasteiger charge is -2.01. The summed E-state index contributed by atoms with van der Waals surface area (Å²) in [5.41, 5.74) is -0.653. The van der Waals surface area contributed by atoms with Gasteiger partial charge in [-0.15, -0.1) is 0 Å². The van der Waals surface area contributed by atoms with Gasteiger partial charge in [-0.2, -0.15) is 0 Å². The summed E-state index contributed by atoms with van der Waals surface area (Å²) in [4.78, 5) is 39.1. The van der Waals surface area contributed by atoms with Crippen LogP contribution >= 0.6 is 11.6 Å². The van der Waals surface area contributed by atoms with Crippen molar-refractivity contribution in [2.24, 2.45) is 0 Å². The van der Waals surface area contributed by atoms with E-state index in [0.29, 0.717) is 10.4 Å². The van der Waals surface area contributed by atoms with Crippen LogP contribution in [0.25, 0.3) is 21.7 Å². The number of hydrogen-bond acceptors (Lipinski definition) is 6. The maximum absolute atomic E-state index is 12.7. The van der Waals surface area contributed by atoms with Crippen LogP contribution in [0.3, 0.4) is 0 Å². The molecule has 8 heteroatoms. The number of hydrogen-bond donors (Lipinski definition) is 0. The molecule has 0 radical (unpaired) electrons. The van der Waals surface area contributed by atoms with Gasteiger partial charge < -0.3 is 4.74 Å². The summed E-state index contributed by atoms with van der Waals surface area (Å²) in [6.07, 6.45) is 1.00. The van der Waals surface area contributed by atoms with Gasteiger partial charge in [0.2, 0.25) is 5.43 Å². The van der Waals surface area contributed by atoms with E-state index < -0.39 is 16.3 Å². The number of nitrogens with zero attached hydrogens (tertiary/aromatic N) is 2. The van der Waals surface area contributed by atoms with Crippen molar-refractivity contribution in [2.75, 3.05) is 7.11 Å². The van der Waals surface area contributed by atoms with Crippen LogP contribution in [0.15, 0.2) is 41.3 Å². The number of nitro groups is 1. The summed E-state index contributed by atoms with van der Waals surface area (Å²) in [7, 11) is 1.20. The lowest BCUT2D eigenvalue weighted by molar-refractivity contribution is -0.385. The van der Waals surface area contributed by atoms with E-state index >= 15 is 0 Å². The normalized spacial score (nSPS) is 10.2. The Balaban J connectivity index is 0.00000117. The van der Waals surface area contributed by atoms with Crippen molar-refractivity contribution in [1.82, 2.24) is 4.98 Å². The molecule has 0 saturated carbocycles. The van der Waals surface area contributed by atoms with Crippen LogP contribution in [0.5, 0.6) is 0 Å². The summed E-state index contributed by atoms with van der Waals surface area (Å²) in [5, 5.41) is 12.0. The zero-order chi connectivity index (χ0) is 19.4. The Morgan fingerprint density at radius 2 is 1.88 bits per heavy atom. The van der Waals surface area contributed by atoms with Crippen molar-refractivity contribution < 1.29 is 14.5 Å². The van der Waals surface area contributed by atoms with Crippen LogP contribution in [0.2, 0.25) is 5.02 Å². The van der Waals surface area contributed by atoms with Gasteiger partial charge in [0.25, 0.3) is 5.69 Å². The fourth-order valence-corrected chi connectivity index (χ4v) is 2.62. The van der Waals surface area contributed by atoms with Crippen LogP contribution in [0.1, 0.15) is 24.2 Å². The Hall–Kier alpha value is -3.06. The molecule has 0 fully saturated rings. The number of fused-ring (bicyclic) bond motifs is 2. The highest BCUT2D eigenvalue weighted by Gasteiger charge is 2.16. The van der Waals surface area contributed by atoms with Gasteiger partial charge in [-0.1, -0.05) is 25.4 Å². The number of aromatic nitrogens is 1. The van der Waals surface area contributed by atoms with E-state index in [-0.39, 0.29) is 27.5 Å². The zero-order valence-corrected chi connectivity index (χ0v) is 15.0. The summed E-state index contributed by atoms with van der Waals surface area (Å²) >= 11 is 5.97. The molecule has 0 spiro atoms. The molecule has 3 rings (SSSR count). The summed E-state index contributed by atoms with van der Waals surface area (Å²) < 4.78 is 4.75. The Kier molecular flexibility index (Phi) is 5.84. The van der Waals surface area contributed by atoms with Crippen LogP contribution in [-0.4, -0.2) is 23.0 Å². The second-order valence-corrected chi connectivity index (χ2v) is 5.39. The Bertz CT molecular complexity index is 1080. The summed E-state index contributed by atoms with van der Waals surface area (Å²) in [5.74, 6) is -0.689. The molecular weight excluding hydrogens is 360 g/mol. The van der Waals surface area contributed by atoms with Crippen molar-refractivity contribution in [3.05, 3.63) is 67.5 Å². The molecule has 3 aromatic rings. The van der Waals surface area contributed by atoms with Crippen molar-refractivity contribution in [3.8, 4) is 0 Å². The van der Waals surface area contributed by atoms with Crippen molar-refractivity contribution in [3.63, 3.8) is 0 Å². The molecule has 0 bridgehead atoms. The van der Waals surface area contributed by atoms with E-state index in [1.54, 1.807) is 0 Å². The molecule has 0 saturated heterocycles. The SMILES string of the molecule is CC.COC(=O)c1cc2cc([N+](=O)[O-])cnc2c(=O)c2ccc(Cl)cc12. The number of ether oxygens (including phenoxy) is 1. The predicted octanol–water partition coefficient (Wildman–Crippen LogP) is 4.12. The number of methoxy groups -OCH3 is 1. The smallest absolute Gasteiger partial charge is 0.338 e. The fourth-order valence-electron chi connectivity index (χ4n) is 2.45. The number of carbonyl (C=O) groups excluding carboxylic acids is 1. The van der Waals surface area contributed by atoms with E-state index in [9.17, 15) is 19.7 Å². The first-order valence-corrected chi connectivity index (χ1v) is 8.09. The molecule has 0 amide bonds. The van der Waals surface area contributed by atoms with Gasteiger partial charge in [-0.05, 0) is 24.3 Å². The largest absolute Gasteiger partial charge is 0.465 e. The van der Waals surface area contributed by atoms with Gasteiger partial charge >= 0.3 is 5.97 Å². The minimum Gasteiger partial charge on any atom is -0.465 e. The number of carbonyl (C=O) groups is 1. The highest BCUT2D eigenvalue weighted by molar-refractivity contribution is 6.31. The standard InChI is InChI=1S/C16H9ClN2O5.C2H6/c1-24-16(21)13-5-8-4-10(19(22)23)7-18-14(8)15(20)11-3-2-9(17)6-12(11)13;1-2/h2-7H,1H3;1-2H3. The van der Waals surface area contributed by atoms with E-state index in [0.717, 1.165) is 6.20 Å². The van der Waals surface area contributed by atoms with Gasteiger partial charge in [0.1, 0.15) is 11.7 Å². The van der Waals surface area contributed by atoms with Gasteiger partial charge in [-0.25, -0.2) is 9.78 Å². The summed E-state index contributed by atoms with van der Waals surface area (Å²) in [6.45, 7) is 4.00. The van der Waals surface area contributed by atoms with Crippen LogP contribution < -0.4 is 5.43 Å². The predicted molar refractivity (Wildman–Crippen MR) is 99.9 cm³/mol. The third kappa shape index (κ3) is 3.48. The van der Waals surface area contributed by atoms with Crippen molar-refractivity contribution >= 4 is 44.9 Å². The second kappa shape index (κ2) is 7.88. The van der Waals surface area contributed by atoms with Gasteiger partial charge in [0.05, 0.1) is 17.6 Å². The number of halogens is 1. The third-order valence-corrected chi connectivity index (χ3v) is 3.79. The van der Waals surface area contributed by atoms with Crippen molar-refractivity contribution in [1.29, 1.82) is 0 Å².